The van der Waals surface area contributed by atoms with E-state index in [1.807, 2.05) is 26.3 Å². The van der Waals surface area contributed by atoms with Crippen LogP contribution in [0.3, 0.4) is 0 Å². The Hall–Kier alpha value is -1.12. The van der Waals surface area contributed by atoms with E-state index in [0.29, 0.717) is 11.8 Å². The SMILES string of the molecule is CC(C)=CN=CC(CNC=N)C(C)C. The van der Waals surface area contributed by atoms with Crippen LogP contribution in [0.1, 0.15) is 27.7 Å². The van der Waals surface area contributed by atoms with Gasteiger partial charge in [0.2, 0.25) is 0 Å². The molecule has 14 heavy (non-hydrogen) atoms. The molecule has 3 heteroatoms. The molecule has 0 aromatic heterocycles. The standard InChI is InChI=1S/C11H21N3/c1-9(2)5-13-6-11(10(3)4)7-14-8-12/h5-6,8,10-11H,7H2,1-4H3,(H2,12,14). The van der Waals surface area contributed by atoms with Crippen molar-refractivity contribution < 1.29 is 0 Å². The van der Waals surface area contributed by atoms with E-state index in [1.54, 1.807) is 0 Å². The van der Waals surface area contributed by atoms with E-state index in [4.69, 9.17) is 5.41 Å². The molecule has 80 valence electrons. The summed E-state index contributed by atoms with van der Waals surface area (Å²) in [6.45, 7) is 9.14. The van der Waals surface area contributed by atoms with Gasteiger partial charge in [0.05, 0.1) is 6.34 Å². The van der Waals surface area contributed by atoms with Gasteiger partial charge >= 0.3 is 0 Å². The molecule has 0 aliphatic rings. The van der Waals surface area contributed by atoms with E-state index in [1.165, 1.54) is 11.9 Å². The molecule has 0 rings (SSSR count). The smallest absolute Gasteiger partial charge is 0.0791 e. The maximum atomic E-state index is 6.89. The van der Waals surface area contributed by atoms with Crippen molar-refractivity contribution >= 4 is 12.6 Å². The van der Waals surface area contributed by atoms with Crippen molar-refractivity contribution in [3.8, 4) is 0 Å². The fourth-order valence-corrected chi connectivity index (χ4v) is 0.958. The van der Waals surface area contributed by atoms with Gasteiger partial charge in [-0.15, -0.1) is 0 Å². The second-order valence-electron chi connectivity index (χ2n) is 3.97. The zero-order valence-electron chi connectivity index (χ0n) is 9.54. The summed E-state index contributed by atoms with van der Waals surface area (Å²) in [6.07, 6.45) is 5.04. The maximum absolute atomic E-state index is 6.89. The first kappa shape index (κ1) is 12.9. The quantitative estimate of drug-likeness (QED) is 0.496. The minimum Gasteiger partial charge on any atom is -0.376 e. The first-order valence-corrected chi connectivity index (χ1v) is 4.97. The molecule has 0 heterocycles. The summed E-state index contributed by atoms with van der Waals surface area (Å²) in [5, 5.41) is 9.79. The Bertz CT molecular complexity index is 213. The van der Waals surface area contributed by atoms with Crippen molar-refractivity contribution in [1.82, 2.24) is 5.32 Å². The van der Waals surface area contributed by atoms with Crippen molar-refractivity contribution in [2.45, 2.75) is 27.7 Å². The lowest BCUT2D eigenvalue weighted by Gasteiger charge is -2.15. The van der Waals surface area contributed by atoms with Crippen LogP contribution in [0.2, 0.25) is 0 Å². The number of allylic oxidation sites excluding steroid dienone is 1. The highest BCUT2D eigenvalue weighted by molar-refractivity contribution is 5.63. The Morgan fingerprint density at radius 1 is 1.43 bits per heavy atom. The normalized spacial score (nSPS) is 12.9. The first-order valence-electron chi connectivity index (χ1n) is 4.97. The third-order valence-electron chi connectivity index (χ3n) is 1.92. The van der Waals surface area contributed by atoms with Gasteiger partial charge in [0.1, 0.15) is 0 Å². The Kier molecular flexibility index (Phi) is 6.72. The van der Waals surface area contributed by atoms with Crippen LogP contribution in [0, 0.1) is 17.2 Å². The number of aliphatic imine (C=N–C) groups is 1. The molecular weight excluding hydrogens is 174 g/mol. The van der Waals surface area contributed by atoms with E-state index in [0.717, 1.165) is 6.54 Å². The third-order valence-corrected chi connectivity index (χ3v) is 1.92. The predicted molar refractivity (Wildman–Crippen MR) is 63.0 cm³/mol. The molecule has 0 aliphatic carbocycles. The molecule has 1 atom stereocenters. The maximum Gasteiger partial charge on any atom is 0.0791 e. The summed E-state index contributed by atoms with van der Waals surface area (Å²) in [7, 11) is 0. The zero-order valence-corrected chi connectivity index (χ0v) is 9.54. The van der Waals surface area contributed by atoms with Crippen LogP contribution in [0.25, 0.3) is 0 Å². The molecule has 0 radical (unpaired) electrons. The molecule has 2 N–H and O–H groups in total. The van der Waals surface area contributed by atoms with Crippen molar-refractivity contribution in [3.05, 3.63) is 11.8 Å². The fourth-order valence-electron chi connectivity index (χ4n) is 0.958. The molecule has 3 nitrogen and oxygen atoms in total. The van der Waals surface area contributed by atoms with E-state index < -0.39 is 0 Å². The average Bonchev–Trinajstić information content (AvgIpc) is 2.09. The number of nitrogens with zero attached hydrogens (tertiary/aromatic N) is 1. The van der Waals surface area contributed by atoms with Crippen LogP contribution in [0.15, 0.2) is 16.8 Å². The Balaban J connectivity index is 4.15. The van der Waals surface area contributed by atoms with Crippen molar-refractivity contribution in [3.63, 3.8) is 0 Å². The summed E-state index contributed by atoms with van der Waals surface area (Å²) in [5.74, 6) is 0.920. The lowest BCUT2D eigenvalue weighted by molar-refractivity contribution is 0.495. The van der Waals surface area contributed by atoms with Crippen LogP contribution >= 0.6 is 0 Å². The number of nitrogens with one attached hydrogen (secondary N) is 2. The van der Waals surface area contributed by atoms with Crippen molar-refractivity contribution in [2.75, 3.05) is 6.54 Å². The molecule has 0 aromatic rings. The minimum atomic E-state index is 0.382. The van der Waals surface area contributed by atoms with Crippen LogP contribution in [-0.2, 0) is 0 Å². The Labute approximate surface area is 86.8 Å². The van der Waals surface area contributed by atoms with E-state index in [9.17, 15) is 0 Å². The first-order chi connectivity index (χ1) is 6.57. The summed E-state index contributed by atoms with van der Waals surface area (Å²) >= 11 is 0. The van der Waals surface area contributed by atoms with Gasteiger partial charge in [-0.2, -0.15) is 0 Å². The van der Waals surface area contributed by atoms with Gasteiger partial charge < -0.3 is 5.32 Å². The summed E-state index contributed by atoms with van der Waals surface area (Å²) < 4.78 is 0. The van der Waals surface area contributed by atoms with Gasteiger partial charge in [0, 0.05) is 24.9 Å². The van der Waals surface area contributed by atoms with E-state index in [-0.39, 0.29) is 0 Å². The minimum absolute atomic E-state index is 0.382. The van der Waals surface area contributed by atoms with Gasteiger partial charge in [-0.3, -0.25) is 10.4 Å². The number of hydrogen-bond acceptors (Lipinski definition) is 2. The van der Waals surface area contributed by atoms with Crippen LogP contribution < -0.4 is 5.32 Å². The predicted octanol–water partition coefficient (Wildman–Crippen LogP) is 2.45. The molecular formula is C11H21N3. The molecule has 0 saturated carbocycles. The summed E-state index contributed by atoms with van der Waals surface area (Å²) in [6, 6.07) is 0. The fraction of sp³-hybridized carbons (Fsp3) is 0.636. The highest BCUT2D eigenvalue weighted by Gasteiger charge is 2.08. The zero-order chi connectivity index (χ0) is 11.0. The van der Waals surface area contributed by atoms with Gasteiger partial charge in [0.15, 0.2) is 0 Å². The second kappa shape index (κ2) is 7.30. The summed E-state index contributed by atoms with van der Waals surface area (Å²) in [4.78, 5) is 4.24. The average molecular weight is 195 g/mol. The molecule has 1 unspecified atom stereocenters. The Morgan fingerprint density at radius 2 is 2.07 bits per heavy atom. The van der Waals surface area contributed by atoms with Crippen LogP contribution in [0.4, 0.5) is 0 Å². The van der Waals surface area contributed by atoms with E-state index >= 15 is 0 Å². The molecule has 0 aromatic carbocycles. The van der Waals surface area contributed by atoms with Crippen LogP contribution in [-0.4, -0.2) is 19.1 Å². The van der Waals surface area contributed by atoms with Gasteiger partial charge in [-0.1, -0.05) is 19.4 Å². The number of hydrogen-bond donors (Lipinski definition) is 2. The van der Waals surface area contributed by atoms with Crippen molar-refractivity contribution in [2.24, 2.45) is 16.8 Å². The molecule has 0 amide bonds. The highest BCUT2D eigenvalue weighted by atomic mass is 14.9. The lowest BCUT2D eigenvalue weighted by Crippen LogP contribution is -2.25. The monoisotopic (exact) mass is 195 g/mol. The van der Waals surface area contributed by atoms with Gasteiger partial charge in [-0.05, 0) is 19.8 Å². The lowest BCUT2D eigenvalue weighted by atomic mass is 9.97. The summed E-state index contributed by atoms with van der Waals surface area (Å²) in [5.41, 5.74) is 1.20. The highest BCUT2D eigenvalue weighted by Crippen LogP contribution is 2.07. The Morgan fingerprint density at radius 3 is 2.50 bits per heavy atom. The van der Waals surface area contributed by atoms with Gasteiger partial charge in [0.25, 0.3) is 0 Å². The van der Waals surface area contributed by atoms with Gasteiger partial charge in [-0.25, -0.2) is 0 Å². The molecule has 0 fully saturated rings. The van der Waals surface area contributed by atoms with E-state index in [2.05, 4.69) is 24.2 Å². The molecule has 0 bridgehead atoms. The third kappa shape index (κ3) is 6.40. The largest absolute Gasteiger partial charge is 0.376 e. The molecule has 0 saturated heterocycles. The molecule has 0 spiro atoms. The van der Waals surface area contributed by atoms with Crippen LogP contribution in [0.5, 0.6) is 0 Å². The topological polar surface area (TPSA) is 48.2 Å². The number of rotatable bonds is 6. The molecule has 0 aliphatic heterocycles. The second-order valence-corrected chi connectivity index (χ2v) is 3.97. The van der Waals surface area contributed by atoms with Crippen molar-refractivity contribution in [1.29, 1.82) is 5.41 Å².